The van der Waals surface area contributed by atoms with Gasteiger partial charge in [0.15, 0.2) is 5.78 Å². The van der Waals surface area contributed by atoms with Crippen LogP contribution in [0.1, 0.15) is 32.6 Å². The van der Waals surface area contributed by atoms with E-state index in [9.17, 15) is 4.79 Å². The van der Waals surface area contributed by atoms with E-state index < -0.39 is 0 Å². The molecular formula is C12H20INO. The molecule has 1 fully saturated rings. The molecule has 2 rings (SSSR count). The lowest BCUT2D eigenvalue weighted by atomic mass is 9.97. The van der Waals surface area contributed by atoms with Gasteiger partial charge in [-0.05, 0) is 13.3 Å². The van der Waals surface area contributed by atoms with Gasteiger partial charge in [0, 0.05) is 24.8 Å². The third-order valence-electron chi connectivity index (χ3n) is 4.15. The number of ketones is 1. The van der Waals surface area contributed by atoms with Crippen LogP contribution in [-0.2, 0) is 4.79 Å². The molecule has 0 N–H and O–H groups in total. The van der Waals surface area contributed by atoms with Gasteiger partial charge >= 0.3 is 0 Å². The number of hydrogen-bond donors (Lipinski definition) is 0. The number of nitrogens with zero attached hydrogens (tertiary/aromatic N) is 1. The Balaban J connectivity index is 0.00000112. The molecule has 3 heteroatoms. The second-order valence-electron chi connectivity index (χ2n) is 5.17. The highest BCUT2D eigenvalue weighted by atomic mass is 127. The Hall–Kier alpha value is 0.1000. The fourth-order valence-electron chi connectivity index (χ4n) is 3.21. The molecule has 2 atom stereocenters. The maximum Gasteiger partial charge on any atom is 0.161 e. The second-order valence-corrected chi connectivity index (χ2v) is 5.17. The monoisotopic (exact) mass is 321 g/mol. The molecule has 2 nitrogen and oxygen atoms in total. The van der Waals surface area contributed by atoms with Crippen molar-refractivity contribution in [1.29, 1.82) is 0 Å². The van der Waals surface area contributed by atoms with Gasteiger partial charge < -0.3 is 28.5 Å². The summed E-state index contributed by atoms with van der Waals surface area (Å²) < 4.78 is 1.03. The van der Waals surface area contributed by atoms with E-state index in [0.717, 1.165) is 22.5 Å². The molecule has 0 spiro atoms. The molecule has 2 aliphatic rings. The number of rotatable bonds is 1. The Labute approximate surface area is 109 Å². The SMILES string of the molecule is CC(=O)C1=CCCC2CC[C@H]1[N+]2(C)C.[I-]. The number of halogens is 1. The van der Waals surface area contributed by atoms with E-state index in [4.69, 9.17) is 0 Å². The van der Waals surface area contributed by atoms with Crippen LogP contribution in [0, 0.1) is 0 Å². The molecule has 86 valence electrons. The van der Waals surface area contributed by atoms with Crippen molar-refractivity contribution in [2.45, 2.75) is 44.7 Å². The van der Waals surface area contributed by atoms with Gasteiger partial charge in [-0.1, -0.05) is 6.08 Å². The molecule has 0 aromatic rings. The Kier molecular flexibility index (Phi) is 3.98. The van der Waals surface area contributed by atoms with Crippen molar-refractivity contribution in [2.75, 3.05) is 14.1 Å². The van der Waals surface area contributed by atoms with Gasteiger partial charge in [0.25, 0.3) is 0 Å². The van der Waals surface area contributed by atoms with Crippen LogP contribution in [0.2, 0.25) is 0 Å². The standard InChI is InChI=1S/C12H20NO.HI/c1-9(14)11-6-4-5-10-7-8-12(11)13(10,2)3;/h6,10,12H,4-5,7-8H2,1-3H3;1H/q+1;/p-1/t10?,12-;/m1./s1. The molecule has 0 saturated carbocycles. The molecule has 2 aliphatic heterocycles. The van der Waals surface area contributed by atoms with Crippen LogP contribution in [0.4, 0.5) is 0 Å². The number of carbonyl (C=O) groups is 1. The van der Waals surface area contributed by atoms with Gasteiger partial charge in [-0.3, -0.25) is 4.79 Å². The minimum atomic E-state index is 0. The van der Waals surface area contributed by atoms with Crippen molar-refractivity contribution >= 4 is 5.78 Å². The first-order valence-corrected chi connectivity index (χ1v) is 5.58. The average Bonchev–Trinajstić information content (AvgIpc) is 2.20. The Bertz CT molecular complexity index is 296. The summed E-state index contributed by atoms with van der Waals surface area (Å²) in [5, 5.41) is 0. The maximum absolute atomic E-state index is 11.5. The number of allylic oxidation sites excluding steroid dienone is 1. The summed E-state index contributed by atoms with van der Waals surface area (Å²) >= 11 is 0. The van der Waals surface area contributed by atoms with E-state index in [1.165, 1.54) is 19.3 Å². The zero-order chi connectivity index (χ0) is 10.3. The molecule has 2 bridgehead atoms. The first kappa shape index (κ1) is 13.2. The van der Waals surface area contributed by atoms with Gasteiger partial charge in [0.05, 0.1) is 20.1 Å². The molecule has 1 saturated heterocycles. The lowest BCUT2D eigenvalue weighted by Crippen LogP contribution is -3.00. The van der Waals surface area contributed by atoms with E-state index in [0.29, 0.717) is 6.04 Å². The number of likely N-dealkylation sites (N-methyl/N-ethyl adjacent to an activating group) is 1. The van der Waals surface area contributed by atoms with E-state index in [2.05, 4.69) is 20.2 Å². The van der Waals surface area contributed by atoms with Crippen molar-refractivity contribution in [3.63, 3.8) is 0 Å². The highest BCUT2D eigenvalue weighted by Crippen LogP contribution is 2.38. The summed E-state index contributed by atoms with van der Waals surface area (Å²) in [5.74, 6) is 0.281. The minimum absolute atomic E-state index is 0. The van der Waals surface area contributed by atoms with Crippen molar-refractivity contribution in [2.24, 2.45) is 0 Å². The van der Waals surface area contributed by atoms with Crippen LogP contribution in [0.5, 0.6) is 0 Å². The van der Waals surface area contributed by atoms with E-state index >= 15 is 0 Å². The highest BCUT2D eigenvalue weighted by molar-refractivity contribution is 5.94. The number of hydrogen-bond acceptors (Lipinski definition) is 1. The Morgan fingerprint density at radius 2 is 2.00 bits per heavy atom. The summed E-state index contributed by atoms with van der Waals surface area (Å²) in [6.45, 7) is 1.71. The molecule has 0 radical (unpaired) electrons. The molecule has 0 aromatic carbocycles. The molecule has 1 unspecified atom stereocenters. The van der Waals surface area contributed by atoms with Crippen LogP contribution in [0.25, 0.3) is 0 Å². The lowest BCUT2D eigenvalue weighted by Gasteiger charge is -2.36. The summed E-state index contributed by atoms with van der Waals surface area (Å²) in [5.41, 5.74) is 1.09. The van der Waals surface area contributed by atoms with Crippen molar-refractivity contribution in [3.05, 3.63) is 11.6 Å². The summed E-state index contributed by atoms with van der Waals surface area (Å²) in [6.07, 6.45) is 7.02. The van der Waals surface area contributed by atoms with Crippen LogP contribution in [0.3, 0.4) is 0 Å². The molecule has 0 aliphatic carbocycles. The summed E-state index contributed by atoms with van der Waals surface area (Å²) in [4.78, 5) is 11.5. The van der Waals surface area contributed by atoms with E-state index in [1.807, 2.05) is 0 Å². The average molecular weight is 321 g/mol. The van der Waals surface area contributed by atoms with Crippen molar-refractivity contribution < 1.29 is 33.3 Å². The summed E-state index contributed by atoms with van der Waals surface area (Å²) in [7, 11) is 4.56. The van der Waals surface area contributed by atoms with Crippen LogP contribution in [0.15, 0.2) is 11.6 Å². The predicted octanol–water partition coefficient (Wildman–Crippen LogP) is -1.09. The van der Waals surface area contributed by atoms with Gasteiger partial charge in [-0.2, -0.15) is 0 Å². The molecule has 15 heavy (non-hydrogen) atoms. The number of carbonyl (C=O) groups excluding carboxylic acids is 1. The third-order valence-corrected chi connectivity index (χ3v) is 4.15. The van der Waals surface area contributed by atoms with Gasteiger partial charge in [0.2, 0.25) is 0 Å². The topological polar surface area (TPSA) is 17.1 Å². The molecule has 0 amide bonds. The Morgan fingerprint density at radius 3 is 2.60 bits per heavy atom. The maximum atomic E-state index is 11.5. The largest absolute Gasteiger partial charge is 1.00 e. The van der Waals surface area contributed by atoms with E-state index in [-0.39, 0.29) is 29.8 Å². The van der Waals surface area contributed by atoms with Crippen LogP contribution < -0.4 is 24.0 Å². The lowest BCUT2D eigenvalue weighted by molar-refractivity contribution is -0.919. The van der Waals surface area contributed by atoms with Gasteiger partial charge in [-0.15, -0.1) is 0 Å². The first-order valence-electron chi connectivity index (χ1n) is 5.58. The fraction of sp³-hybridized carbons (Fsp3) is 0.750. The predicted molar refractivity (Wildman–Crippen MR) is 56.9 cm³/mol. The van der Waals surface area contributed by atoms with Crippen molar-refractivity contribution in [1.82, 2.24) is 0 Å². The molecule has 2 heterocycles. The zero-order valence-electron chi connectivity index (χ0n) is 9.79. The number of Topliss-reactive ketones (excluding diaryl/α,β-unsaturated/α-hetero) is 1. The fourth-order valence-corrected chi connectivity index (χ4v) is 3.21. The number of fused-ring (bicyclic) bond motifs is 2. The van der Waals surface area contributed by atoms with E-state index in [1.54, 1.807) is 6.92 Å². The van der Waals surface area contributed by atoms with Gasteiger partial charge in [0.1, 0.15) is 6.04 Å². The second kappa shape index (κ2) is 4.53. The number of quaternary nitrogens is 1. The molecule has 0 aromatic heterocycles. The van der Waals surface area contributed by atoms with Gasteiger partial charge in [-0.25, -0.2) is 0 Å². The Morgan fingerprint density at radius 1 is 1.33 bits per heavy atom. The van der Waals surface area contributed by atoms with Crippen molar-refractivity contribution in [3.8, 4) is 0 Å². The normalized spacial score (nSPS) is 32.6. The van der Waals surface area contributed by atoms with Crippen LogP contribution >= 0.6 is 0 Å². The highest BCUT2D eigenvalue weighted by Gasteiger charge is 2.46. The first-order chi connectivity index (χ1) is 6.53. The molecular weight excluding hydrogens is 301 g/mol. The zero-order valence-corrected chi connectivity index (χ0v) is 12.0. The third kappa shape index (κ3) is 2.13. The smallest absolute Gasteiger partial charge is 0.161 e. The quantitative estimate of drug-likeness (QED) is 0.443. The minimum Gasteiger partial charge on any atom is -1.00 e. The summed E-state index contributed by atoms with van der Waals surface area (Å²) in [6, 6.07) is 1.24. The van der Waals surface area contributed by atoms with Crippen LogP contribution in [-0.4, -0.2) is 36.4 Å².